The maximum absolute atomic E-state index is 12.7. The number of fused-ring (bicyclic) bond motifs is 2. The monoisotopic (exact) mass is 358 g/mol. The Morgan fingerprint density at radius 3 is 2.24 bits per heavy atom. The number of ether oxygens (including phenoxy) is 2. The van der Waals surface area contributed by atoms with Gasteiger partial charge in [-0.1, -0.05) is 35.9 Å². The number of hydrogen-bond donors (Lipinski definition) is 0. The molecule has 0 fully saturated rings. The molecule has 0 unspecified atom stereocenters. The largest absolute Gasteiger partial charge is 0.466 e. The molecule has 0 spiro atoms. The van der Waals surface area contributed by atoms with E-state index in [1.807, 2.05) is 0 Å². The van der Waals surface area contributed by atoms with Gasteiger partial charge in [0.1, 0.15) is 0 Å². The summed E-state index contributed by atoms with van der Waals surface area (Å²) < 4.78 is 9.17. The van der Waals surface area contributed by atoms with E-state index < -0.39 is 24.3 Å². The standard InChI is InChI=1S/C18H11ClO6/c1-24-13(20)8-25-18(23)12-7-6-11-14(15(12)19)17(22)10-5-3-2-4-9(10)16(11)21/h2-7H,8H2,1H3. The molecule has 0 saturated heterocycles. The predicted octanol–water partition coefficient (Wildman–Crippen LogP) is 2.45. The minimum absolute atomic E-state index is 0.0436. The Balaban J connectivity index is 2.02. The molecule has 7 heteroatoms. The molecule has 0 saturated carbocycles. The van der Waals surface area contributed by atoms with Crippen molar-refractivity contribution in [3.05, 3.63) is 69.2 Å². The van der Waals surface area contributed by atoms with Crippen molar-refractivity contribution in [3.8, 4) is 0 Å². The van der Waals surface area contributed by atoms with Crippen LogP contribution in [-0.2, 0) is 14.3 Å². The van der Waals surface area contributed by atoms with Gasteiger partial charge in [0.25, 0.3) is 0 Å². The van der Waals surface area contributed by atoms with Crippen molar-refractivity contribution in [2.45, 2.75) is 0 Å². The third-order valence-corrected chi connectivity index (χ3v) is 4.19. The van der Waals surface area contributed by atoms with Crippen LogP contribution in [0.4, 0.5) is 0 Å². The topological polar surface area (TPSA) is 86.7 Å². The lowest BCUT2D eigenvalue weighted by Gasteiger charge is -2.19. The molecule has 0 heterocycles. The van der Waals surface area contributed by atoms with Crippen LogP contribution in [-0.4, -0.2) is 37.2 Å². The summed E-state index contributed by atoms with van der Waals surface area (Å²) in [6, 6.07) is 9.03. The summed E-state index contributed by atoms with van der Waals surface area (Å²) in [6.45, 7) is -0.585. The average molecular weight is 359 g/mol. The summed E-state index contributed by atoms with van der Waals surface area (Å²) in [4.78, 5) is 48.4. The van der Waals surface area contributed by atoms with E-state index in [-0.39, 0.29) is 38.6 Å². The van der Waals surface area contributed by atoms with Gasteiger partial charge in [-0.15, -0.1) is 0 Å². The predicted molar refractivity (Wildman–Crippen MR) is 87.1 cm³/mol. The van der Waals surface area contributed by atoms with E-state index in [0.717, 1.165) is 7.11 Å². The lowest BCUT2D eigenvalue weighted by atomic mass is 9.83. The second-order valence-electron chi connectivity index (χ2n) is 5.21. The van der Waals surface area contributed by atoms with Crippen LogP contribution >= 0.6 is 11.6 Å². The van der Waals surface area contributed by atoms with E-state index in [4.69, 9.17) is 16.3 Å². The number of hydrogen-bond acceptors (Lipinski definition) is 6. The normalized spacial score (nSPS) is 12.2. The van der Waals surface area contributed by atoms with Gasteiger partial charge in [-0.2, -0.15) is 0 Å². The van der Waals surface area contributed by atoms with Crippen LogP contribution in [0.1, 0.15) is 42.2 Å². The quantitative estimate of drug-likeness (QED) is 0.668. The fourth-order valence-corrected chi connectivity index (χ4v) is 2.89. The van der Waals surface area contributed by atoms with Crippen LogP contribution in [0.3, 0.4) is 0 Å². The smallest absolute Gasteiger partial charge is 0.344 e. The SMILES string of the molecule is COC(=O)COC(=O)c1ccc2c(c1Cl)C(=O)c1ccccc1C2=O. The molecule has 0 radical (unpaired) electrons. The molecule has 2 aromatic carbocycles. The van der Waals surface area contributed by atoms with E-state index in [1.165, 1.54) is 18.2 Å². The van der Waals surface area contributed by atoms with Crippen LogP contribution in [0.5, 0.6) is 0 Å². The number of halogens is 1. The van der Waals surface area contributed by atoms with Gasteiger partial charge in [-0.25, -0.2) is 9.59 Å². The maximum Gasteiger partial charge on any atom is 0.344 e. The molecule has 0 amide bonds. The molecule has 0 bridgehead atoms. The second-order valence-corrected chi connectivity index (χ2v) is 5.58. The lowest BCUT2D eigenvalue weighted by Crippen LogP contribution is -2.23. The highest BCUT2D eigenvalue weighted by molar-refractivity contribution is 6.41. The molecule has 1 aliphatic carbocycles. The van der Waals surface area contributed by atoms with E-state index in [2.05, 4.69) is 4.74 Å². The first-order chi connectivity index (χ1) is 12.0. The number of carbonyl (C=O) groups is 4. The number of carbonyl (C=O) groups excluding carboxylic acids is 4. The Kier molecular flexibility index (Phi) is 4.37. The third-order valence-electron chi connectivity index (χ3n) is 3.80. The molecule has 0 atom stereocenters. The van der Waals surface area contributed by atoms with Gasteiger partial charge in [0.2, 0.25) is 0 Å². The molecule has 6 nitrogen and oxygen atoms in total. The molecule has 126 valence electrons. The average Bonchev–Trinajstić information content (AvgIpc) is 2.63. The maximum atomic E-state index is 12.7. The van der Waals surface area contributed by atoms with Crippen molar-refractivity contribution in [1.82, 2.24) is 0 Å². The zero-order chi connectivity index (χ0) is 18.1. The van der Waals surface area contributed by atoms with Crippen molar-refractivity contribution in [1.29, 1.82) is 0 Å². The number of esters is 2. The fourth-order valence-electron chi connectivity index (χ4n) is 2.56. The Morgan fingerprint density at radius 2 is 1.60 bits per heavy atom. The molecular weight excluding hydrogens is 348 g/mol. The summed E-state index contributed by atoms with van der Waals surface area (Å²) in [5.74, 6) is -2.42. The minimum Gasteiger partial charge on any atom is -0.466 e. The highest BCUT2D eigenvalue weighted by Gasteiger charge is 2.33. The Bertz CT molecular complexity index is 931. The summed E-state index contributed by atoms with van der Waals surface area (Å²) in [5, 5.41) is -0.180. The minimum atomic E-state index is -0.891. The fraction of sp³-hybridized carbons (Fsp3) is 0.111. The molecular formula is C18H11ClO6. The van der Waals surface area contributed by atoms with Gasteiger partial charge in [-0.3, -0.25) is 9.59 Å². The van der Waals surface area contributed by atoms with Gasteiger partial charge in [0.15, 0.2) is 18.2 Å². The zero-order valence-corrected chi connectivity index (χ0v) is 13.8. The number of methoxy groups -OCH3 is 1. The first kappa shape index (κ1) is 16.9. The van der Waals surface area contributed by atoms with E-state index >= 15 is 0 Å². The Hall–Kier alpha value is -2.99. The van der Waals surface area contributed by atoms with Gasteiger partial charge < -0.3 is 9.47 Å². The van der Waals surface area contributed by atoms with Crippen molar-refractivity contribution in [3.63, 3.8) is 0 Å². The first-order valence-corrected chi connectivity index (χ1v) is 7.58. The van der Waals surface area contributed by atoms with Crippen LogP contribution in [0.25, 0.3) is 0 Å². The van der Waals surface area contributed by atoms with Crippen LogP contribution < -0.4 is 0 Å². The summed E-state index contributed by atoms with van der Waals surface area (Å²) >= 11 is 6.21. The molecule has 0 aromatic heterocycles. The summed E-state index contributed by atoms with van der Waals surface area (Å²) in [6.07, 6.45) is 0. The molecule has 3 rings (SSSR count). The van der Waals surface area contributed by atoms with Gasteiger partial charge in [0.05, 0.1) is 23.3 Å². The number of ketones is 2. The Morgan fingerprint density at radius 1 is 0.960 bits per heavy atom. The first-order valence-electron chi connectivity index (χ1n) is 7.20. The van der Waals surface area contributed by atoms with Crippen molar-refractivity contribution < 1.29 is 28.7 Å². The van der Waals surface area contributed by atoms with Crippen molar-refractivity contribution in [2.24, 2.45) is 0 Å². The molecule has 2 aromatic rings. The van der Waals surface area contributed by atoms with Crippen LogP contribution in [0.15, 0.2) is 36.4 Å². The third kappa shape index (κ3) is 2.81. The van der Waals surface area contributed by atoms with E-state index in [1.54, 1.807) is 18.2 Å². The second kappa shape index (κ2) is 6.49. The Labute approximate surface area is 147 Å². The van der Waals surface area contributed by atoms with Gasteiger partial charge in [0, 0.05) is 16.7 Å². The molecule has 0 aliphatic heterocycles. The van der Waals surface area contributed by atoms with Crippen LogP contribution in [0, 0.1) is 0 Å². The number of rotatable bonds is 3. The van der Waals surface area contributed by atoms with Crippen molar-refractivity contribution >= 4 is 35.1 Å². The van der Waals surface area contributed by atoms with Crippen molar-refractivity contribution in [2.75, 3.05) is 13.7 Å². The van der Waals surface area contributed by atoms with Gasteiger partial charge >= 0.3 is 11.9 Å². The van der Waals surface area contributed by atoms with Crippen LogP contribution in [0.2, 0.25) is 5.02 Å². The molecule has 1 aliphatic rings. The molecule has 0 N–H and O–H groups in total. The highest BCUT2D eigenvalue weighted by Crippen LogP contribution is 2.34. The molecule has 25 heavy (non-hydrogen) atoms. The summed E-state index contributed by atoms with van der Waals surface area (Å²) in [7, 11) is 1.16. The van der Waals surface area contributed by atoms with E-state index in [9.17, 15) is 19.2 Å². The lowest BCUT2D eigenvalue weighted by molar-refractivity contribution is -0.144. The highest BCUT2D eigenvalue weighted by atomic mass is 35.5. The van der Waals surface area contributed by atoms with Gasteiger partial charge in [-0.05, 0) is 12.1 Å². The summed E-state index contributed by atoms with van der Waals surface area (Å²) in [5.41, 5.74) is 0.486. The number of benzene rings is 2. The van der Waals surface area contributed by atoms with E-state index in [0.29, 0.717) is 0 Å². The zero-order valence-electron chi connectivity index (χ0n) is 13.0.